The molecule has 3 heterocycles. The molecule has 9 heteroatoms. The molecule has 1 atom stereocenters. The first kappa shape index (κ1) is 30.8. The number of anilines is 1. The first-order chi connectivity index (χ1) is 18.8. The molecule has 1 aliphatic rings. The van der Waals surface area contributed by atoms with E-state index in [2.05, 4.69) is 55.6 Å². The van der Waals surface area contributed by atoms with Crippen LogP contribution in [0.25, 0.3) is 22.2 Å². The smallest absolute Gasteiger partial charge is 0.323 e. The van der Waals surface area contributed by atoms with Gasteiger partial charge >= 0.3 is 6.03 Å². The highest BCUT2D eigenvalue weighted by atomic mass is 35.5. The molecule has 0 aliphatic carbocycles. The summed E-state index contributed by atoms with van der Waals surface area (Å²) in [4.78, 5) is 32.2. The highest BCUT2D eigenvalue weighted by molar-refractivity contribution is 6.04. The Balaban J connectivity index is 0.00000441. The maximum absolute atomic E-state index is 14.0. The summed E-state index contributed by atoms with van der Waals surface area (Å²) < 4.78 is 7.13. The Hall–Kier alpha value is -3.78. The minimum atomic E-state index is -0.461. The van der Waals surface area contributed by atoms with Gasteiger partial charge in [-0.25, -0.2) is 9.78 Å². The molecule has 2 amide bonds. The van der Waals surface area contributed by atoms with Crippen LogP contribution >= 0.6 is 12.4 Å². The van der Waals surface area contributed by atoms with Crippen molar-refractivity contribution in [3.8, 4) is 16.9 Å². The molecule has 0 fully saturated rings. The summed E-state index contributed by atoms with van der Waals surface area (Å²) >= 11 is 0. The number of carbonyl (C=O) groups is 1. The van der Waals surface area contributed by atoms with E-state index < -0.39 is 6.03 Å². The Labute approximate surface area is 242 Å². The van der Waals surface area contributed by atoms with Crippen molar-refractivity contribution in [3.63, 3.8) is 0 Å². The van der Waals surface area contributed by atoms with Crippen LogP contribution in [-0.2, 0) is 6.54 Å². The second-order valence-electron chi connectivity index (χ2n) is 10.5. The average molecular weight is 566 g/mol. The Morgan fingerprint density at radius 1 is 1.15 bits per heavy atom. The van der Waals surface area contributed by atoms with Crippen molar-refractivity contribution in [2.75, 3.05) is 12.4 Å². The quantitative estimate of drug-likeness (QED) is 0.276. The molecule has 0 saturated heterocycles. The topological polar surface area (TPSA) is 97.3 Å². The zero-order valence-corrected chi connectivity index (χ0v) is 24.9. The number of aryl methyl sites for hydroxylation is 1. The molecule has 2 aromatic heterocycles. The number of aromatic nitrogens is 2. The number of carbonyl (C=O) groups excluding carboxylic acids is 1. The zero-order valence-electron chi connectivity index (χ0n) is 24.1. The number of pyridine rings is 2. The molecule has 0 spiro atoms. The lowest BCUT2D eigenvalue weighted by atomic mass is 9.90. The molecule has 3 N–H and O–H groups in total. The number of allylic oxidation sites excluding steroid dienone is 2. The third kappa shape index (κ3) is 6.33. The highest BCUT2D eigenvalue weighted by Crippen LogP contribution is 2.35. The molecule has 0 bridgehead atoms. The van der Waals surface area contributed by atoms with E-state index in [0.717, 1.165) is 35.1 Å². The van der Waals surface area contributed by atoms with Gasteiger partial charge in [-0.15, -0.1) is 12.4 Å². The number of rotatable bonds is 9. The normalized spacial score (nSPS) is 14.8. The number of hydrogen-bond acceptors (Lipinski definition) is 5. The average Bonchev–Trinajstić information content (AvgIpc) is 2.93. The summed E-state index contributed by atoms with van der Waals surface area (Å²) in [7, 11) is 1.60. The molecular weight excluding hydrogens is 526 g/mol. The maximum atomic E-state index is 14.0. The summed E-state index contributed by atoms with van der Waals surface area (Å²) in [6.07, 6.45) is 7.36. The van der Waals surface area contributed by atoms with Crippen molar-refractivity contribution in [2.24, 2.45) is 11.8 Å². The largest absolute Gasteiger partial charge is 0.497 e. The van der Waals surface area contributed by atoms with Crippen molar-refractivity contribution < 1.29 is 9.53 Å². The third-order valence-electron chi connectivity index (χ3n) is 7.05. The fourth-order valence-electron chi connectivity index (χ4n) is 5.04. The van der Waals surface area contributed by atoms with Crippen molar-refractivity contribution in [1.29, 1.82) is 0 Å². The number of dihydropyridines is 1. The van der Waals surface area contributed by atoms with Crippen molar-refractivity contribution >= 4 is 35.2 Å². The summed E-state index contributed by atoms with van der Waals surface area (Å²) in [5.41, 5.74) is 3.76. The van der Waals surface area contributed by atoms with E-state index in [9.17, 15) is 9.59 Å². The van der Waals surface area contributed by atoms with Crippen LogP contribution in [0.15, 0.2) is 70.9 Å². The van der Waals surface area contributed by atoms with E-state index in [1.54, 1.807) is 17.9 Å². The molecule has 0 saturated carbocycles. The van der Waals surface area contributed by atoms with Gasteiger partial charge in [0.2, 0.25) is 0 Å². The van der Waals surface area contributed by atoms with E-state index in [4.69, 9.17) is 4.74 Å². The van der Waals surface area contributed by atoms with Crippen molar-refractivity contribution in [2.45, 2.75) is 60.0 Å². The molecule has 40 heavy (non-hydrogen) atoms. The third-order valence-corrected chi connectivity index (χ3v) is 7.05. The number of urea groups is 1. The minimum Gasteiger partial charge on any atom is -0.497 e. The fraction of sp³-hybridized carbons (Fsp3) is 0.387. The number of nitrogens with zero attached hydrogens (tertiary/aromatic N) is 2. The number of benzene rings is 1. The van der Waals surface area contributed by atoms with Gasteiger partial charge in [-0.3, -0.25) is 9.36 Å². The van der Waals surface area contributed by atoms with Gasteiger partial charge in [0.15, 0.2) is 0 Å². The SMILES string of the molecule is CCCCn1c(=O)c(NC(=O)NC2=C(C(C)C)C=CNC2C(C)C)c(-c2cccc(OC)c2)c2cccnc21.Cl. The van der Waals surface area contributed by atoms with E-state index in [0.29, 0.717) is 23.5 Å². The molecule has 1 unspecified atom stereocenters. The first-order valence-corrected chi connectivity index (χ1v) is 13.7. The lowest BCUT2D eigenvalue weighted by molar-refractivity contribution is 0.252. The Morgan fingerprint density at radius 2 is 1.93 bits per heavy atom. The van der Waals surface area contributed by atoms with Crippen LogP contribution in [-0.4, -0.2) is 28.7 Å². The van der Waals surface area contributed by atoms with Crippen molar-refractivity contribution in [1.82, 2.24) is 20.2 Å². The van der Waals surface area contributed by atoms with Crippen LogP contribution in [0.1, 0.15) is 47.5 Å². The van der Waals surface area contributed by atoms with Crippen LogP contribution < -0.4 is 26.2 Å². The van der Waals surface area contributed by atoms with E-state index >= 15 is 0 Å². The summed E-state index contributed by atoms with van der Waals surface area (Å²) in [6.45, 7) is 11.0. The van der Waals surface area contributed by atoms with Gasteiger partial charge in [-0.2, -0.15) is 0 Å². The van der Waals surface area contributed by atoms with E-state index in [1.807, 2.05) is 48.7 Å². The predicted octanol–water partition coefficient (Wildman–Crippen LogP) is 6.47. The van der Waals surface area contributed by atoms with Crippen molar-refractivity contribution in [3.05, 3.63) is 76.5 Å². The van der Waals surface area contributed by atoms with Gasteiger partial charge in [0.05, 0.1) is 13.2 Å². The maximum Gasteiger partial charge on any atom is 0.323 e. The fourth-order valence-corrected chi connectivity index (χ4v) is 5.04. The van der Waals surface area contributed by atoms with Crippen LogP contribution in [0.2, 0.25) is 0 Å². The number of nitrogens with one attached hydrogen (secondary N) is 3. The summed E-state index contributed by atoms with van der Waals surface area (Å²) in [5.74, 6) is 1.11. The first-order valence-electron chi connectivity index (χ1n) is 13.7. The van der Waals surface area contributed by atoms with Gasteiger partial charge in [-0.05, 0) is 65.9 Å². The lowest BCUT2D eigenvalue weighted by Crippen LogP contribution is -2.44. The van der Waals surface area contributed by atoms with Crippen LogP contribution in [0.4, 0.5) is 10.5 Å². The monoisotopic (exact) mass is 565 g/mol. The van der Waals surface area contributed by atoms with Gasteiger partial charge in [0, 0.05) is 29.4 Å². The number of fused-ring (bicyclic) bond motifs is 1. The zero-order chi connectivity index (χ0) is 28.1. The summed E-state index contributed by atoms with van der Waals surface area (Å²) in [5, 5.41) is 10.2. The number of unbranched alkanes of at least 4 members (excludes halogenated alkanes) is 1. The second-order valence-corrected chi connectivity index (χ2v) is 10.5. The van der Waals surface area contributed by atoms with Crippen LogP contribution in [0, 0.1) is 11.8 Å². The number of halogens is 1. The van der Waals surface area contributed by atoms with Gasteiger partial charge in [0.1, 0.15) is 17.1 Å². The van der Waals surface area contributed by atoms with Gasteiger partial charge in [-0.1, -0.05) is 53.2 Å². The number of ether oxygens (including phenoxy) is 1. The Bertz CT molecular complexity index is 1480. The molecule has 1 aliphatic heterocycles. The van der Waals surface area contributed by atoms with Crippen LogP contribution in [0.5, 0.6) is 5.75 Å². The van der Waals surface area contributed by atoms with Crippen LogP contribution in [0.3, 0.4) is 0 Å². The van der Waals surface area contributed by atoms with E-state index in [-0.39, 0.29) is 41.5 Å². The van der Waals surface area contributed by atoms with E-state index in [1.165, 1.54) is 0 Å². The lowest BCUT2D eigenvalue weighted by Gasteiger charge is -2.31. The number of amides is 2. The van der Waals surface area contributed by atoms with Gasteiger partial charge in [0.25, 0.3) is 5.56 Å². The standard InChI is InChI=1S/C31H39N5O3.ClH/c1-7-8-17-36-29-24(13-10-15-33-29)25(21-11-9-12-22(18-21)39-6)28(30(36)37)35-31(38)34-27-23(19(2)3)14-16-32-26(27)20(4)5;/h9-16,18-20,26,32H,7-8,17H2,1-6H3,(H2,34,35,38);1H. The predicted molar refractivity (Wildman–Crippen MR) is 165 cm³/mol. The molecular formula is C31H40ClN5O3. The Kier molecular flexibility index (Phi) is 10.4. The number of methoxy groups -OCH3 is 1. The Morgan fingerprint density at radius 3 is 2.60 bits per heavy atom. The molecule has 1 aromatic carbocycles. The molecule has 214 valence electrons. The molecule has 8 nitrogen and oxygen atoms in total. The van der Waals surface area contributed by atoms with Gasteiger partial charge < -0.3 is 20.7 Å². The number of hydrogen-bond donors (Lipinski definition) is 3. The molecule has 3 aromatic rings. The minimum absolute atomic E-state index is 0. The molecule has 4 rings (SSSR count). The highest BCUT2D eigenvalue weighted by Gasteiger charge is 2.27. The second kappa shape index (κ2) is 13.5. The summed E-state index contributed by atoms with van der Waals surface area (Å²) in [6, 6.07) is 10.8. The molecule has 0 radical (unpaired) electrons.